The summed E-state index contributed by atoms with van der Waals surface area (Å²) >= 11 is 0. The molecule has 0 radical (unpaired) electrons. The molecular weight excluding hydrogens is 487 g/mol. The minimum absolute atomic E-state index is 0.125. The Labute approximate surface area is 208 Å². The standard InChI is InChI=1S/C24H22F3N9O/c1-33-13-28-29-22(33)20(14-5-3-6-14)15-9-16(21-30-31-32-34(21)2)11-17(10-15)36-12-19-18(24(25,26)27)7-4-8-35(19)23(36)37/h4,7-14,20H,3,5-6H2,1-2H3/t20-/m0/s1. The van der Waals surface area contributed by atoms with E-state index in [4.69, 9.17) is 0 Å². The minimum atomic E-state index is -4.61. The number of fused-ring (bicyclic) bond motifs is 1. The Bertz CT molecular complexity index is 1670. The van der Waals surface area contributed by atoms with Gasteiger partial charge in [0.1, 0.15) is 12.2 Å². The topological polar surface area (TPSA) is 101 Å². The molecule has 0 saturated heterocycles. The van der Waals surface area contributed by atoms with Crippen molar-refractivity contribution >= 4 is 5.52 Å². The molecule has 1 saturated carbocycles. The number of rotatable bonds is 5. The molecule has 6 rings (SSSR count). The lowest BCUT2D eigenvalue weighted by Gasteiger charge is -2.33. The van der Waals surface area contributed by atoms with Crippen LogP contribution in [0.4, 0.5) is 13.2 Å². The molecule has 1 fully saturated rings. The fraction of sp³-hybridized carbons (Fsp3) is 0.333. The van der Waals surface area contributed by atoms with Crippen molar-refractivity contribution in [3.8, 4) is 17.1 Å². The van der Waals surface area contributed by atoms with Gasteiger partial charge >= 0.3 is 11.9 Å². The average Bonchev–Trinajstić information content (AvgIpc) is 3.54. The number of benzene rings is 1. The van der Waals surface area contributed by atoms with Crippen LogP contribution in [0.1, 0.15) is 42.1 Å². The normalized spacial score (nSPS) is 15.3. The van der Waals surface area contributed by atoms with Gasteiger partial charge in [-0.3, -0.25) is 8.97 Å². The molecule has 5 aromatic rings. The molecule has 0 bridgehead atoms. The zero-order chi connectivity index (χ0) is 25.9. The second-order valence-electron chi connectivity index (χ2n) is 9.36. The van der Waals surface area contributed by atoms with Gasteiger partial charge in [-0.05, 0) is 65.1 Å². The number of aromatic nitrogens is 9. The van der Waals surface area contributed by atoms with E-state index in [0.29, 0.717) is 23.0 Å². The Morgan fingerprint density at radius 1 is 1.11 bits per heavy atom. The lowest BCUT2D eigenvalue weighted by Crippen LogP contribution is -2.24. The summed E-state index contributed by atoms with van der Waals surface area (Å²) in [6, 6.07) is 7.67. The predicted octanol–water partition coefficient (Wildman–Crippen LogP) is 3.36. The molecule has 10 nitrogen and oxygen atoms in total. The third-order valence-corrected chi connectivity index (χ3v) is 7.10. The Morgan fingerprint density at radius 3 is 2.54 bits per heavy atom. The minimum Gasteiger partial charge on any atom is -0.320 e. The molecular formula is C24H22F3N9O. The average molecular weight is 509 g/mol. The Hall–Kier alpha value is -4.29. The lowest BCUT2D eigenvalue weighted by molar-refractivity contribution is -0.136. The second kappa shape index (κ2) is 8.39. The van der Waals surface area contributed by atoms with Crippen LogP contribution in [0, 0.1) is 5.92 Å². The van der Waals surface area contributed by atoms with Crippen molar-refractivity contribution < 1.29 is 13.2 Å². The van der Waals surface area contributed by atoms with E-state index in [2.05, 4.69) is 25.7 Å². The van der Waals surface area contributed by atoms with Crippen molar-refractivity contribution in [3.63, 3.8) is 0 Å². The number of hydrogen-bond donors (Lipinski definition) is 0. The molecule has 1 aromatic carbocycles. The smallest absolute Gasteiger partial charge is 0.320 e. The van der Waals surface area contributed by atoms with Crippen LogP contribution in [0.15, 0.2) is 53.8 Å². The first-order valence-electron chi connectivity index (χ1n) is 11.7. The van der Waals surface area contributed by atoms with Crippen molar-refractivity contribution in [3.05, 3.63) is 76.5 Å². The van der Waals surface area contributed by atoms with Crippen LogP contribution in [-0.2, 0) is 20.3 Å². The zero-order valence-electron chi connectivity index (χ0n) is 20.0. The number of tetrazole rings is 1. The van der Waals surface area contributed by atoms with E-state index in [0.717, 1.165) is 41.1 Å². The zero-order valence-corrected chi connectivity index (χ0v) is 20.0. The van der Waals surface area contributed by atoms with Gasteiger partial charge in [0.05, 0.1) is 16.8 Å². The molecule has 1 aliphatic rings. The van der Waals surface area contributed by atoms with Gasteiger partial charge in [0.25, 0.3) is 0 Å². The molecule has 0 spiro atoms. The summed E-state index contributed by atoms with van der Waals surface area (Å²) in [7, 11) is 3.57. The van der Waals surface area contributed by atoms with E-state index in [1.807, 2.05) is 23.7 Å². The number of aryl methyl sites for hydroxylation is 2. The summed E-state index contributed by atoms with van der Waals surface area (Å²) in [4.78, 5) is 13.3. The molecule has 13 heteroatoms. The molecule has 190 valence electrons. The van der Waals surface area contributed by atoms with Gasteiger partial charge in [0.2, 0.25) is 0 Å². The van der Waals surface area contributed by atoms with Gasteiger partial charge in [-0.2, -0.15) is 13.2 Å². The molecule has 1 atom stereocenters. The molecule has 37 heavy (non-hydrogen) atoms. The van der Waals surface area contributed by atoms with Gasteiger partial charge in [0, 0.05) is 38.0 Å². The Kier molecular flexibility index (Phi) is 5.24. The summed E-state index contributed by atoms with van der Waals surface area (Å²) in [5, 5.41) is 20.2. The summed E-state index contributed by atoms with van der Waals surface area (Å²) in [6.45, 7) is 0. The van der Waals surface area contributed by atoms with E-state index in [-0.39, 0.29) is 11.4 Å². The lowest BCUT2D eigenvalue weighted by atomic mass is 9.72. The SMILES string of the molecule is Cn1cnnc1[C@H](c1cc(-c2nnnn2C)cc(-n2cc3c(C(F)(F)F)cccn3c2=O)c1)C1CCC1. The van der Waals surface area contributed by atoms with Gasteiger partial charge < -0.3 is 4.57 Å². The third-order valence-electron chi connectivity index (χ3n) is 7.10. The Morgan fingerprint density at radius 2 is 1.92 bits per heavy atom. The maximum Gasteiger partial charge on any atom is 0.418 e. The van der Waals surface area contributed by atoms with Gasteiger partial charge in [-0.15, -0.1) is 15.3 Å². The van der Waals surface area contributed by atoms with Crippen LogP contribution in [0.25, 0.3) is 22.6 Å². The highest BCUT2D eigenvalue weighted by molar-refractivity contribution is 5.63. The van der Waals surface area contributed by atoms with Crippen molar-refractivity contribution in [2.24, 2.45) is 20.0 Å². The molecule has 0 N–H and O–H groups in total. The maximum absolute atomic E-state index is 13.7. The third kappa shape index (κ3) is 3.81. The number of alkyl halides is 3. The van der Waals surface area contributed by atoms with Gasteiger partial charge in [0.15, 0.2) is 5.82 Å². The number of imidazole rings is 1. The highest BCUT2D eigenvalue weighted by atomic mass is 19.4. The Balaban J connectivity index is 1.60. The van der Waals surface area contributed by atoms with Crippen LogP contribution >= 0.6 is 0 Å². The predicted molar refractivity (Wildman–Crippen MR) is 126 cm³/mol. The molecule has 1 aliphatic carbocycles. The largest absolute Gasteiger partial charge is 0.418 e. The van der Waals surface area contributed by atoms with Crippen LogP contribution in [0.2, 0.25) is 0 Å². The van der Waals surface area contributed by atoms with E-state index in [1.54, 1.807) is 19.4 Å². The van der Waals surface area contributed by atoms with Crippen molar-refractivity contribution in [2.45, 2.75) is 31.4 Å². The van der Waals surface area contributed by atoms with E-state index in [1.165, 1.54) is 27.7 Å². The molecule has 0 aliphatic heterocycles. The van der Waals surface area contributed by atoms with Crippen molar-refractivity contribution in [1.82, 2.24) is 43.9 Å². The summed E-state index contributed by atoms with van der Waals surface area (Å²) in [5.41, 5.74) is 0.171. The first kappa shape index (κ1) is 23.1. The first-order valence-corrected chi connectivity index (χ1v) is 11.7. The first-order chi connectivity index (χ1) is 17.7. The fourth-order valence-electron chi connectivity index (χ4n) is 5.07. The van der Waals surface area contributed by atoms with Gasteiger partial charge in [-0.1, -0.05) is 6.42 Å². The quantitative estimate of drug-likeness (QED) is 0.360. The fourth-order valence-corrected chi connectivity index (χ4v) is 5.07. The highest BCUT2D eigenvalue weighted by Gasteiger charge is 2.35. The second-order valence-corrected chi connectivity index (χ2v) is 9.36. The monoisotopic (exact) mass is 509 g/mol. The van der Waals surface area contributed by atoms with Crippen molar-refractivity contribution in [2.75, 3.05) is 0 Å². The van der Waals surface area contributed by atoms with Crippen LogP contribution in [0.5, 0.6) is 0 Å². The van der Waals surface area contributed by atoms with Crippen molar-refractivity contribution in [1.29, 1.82) is 0 Å². The van der Waals surface area contributed by atoms with Crippen LogP contribution in [-0.4, -0.2) is 43.9 Å². The van der Waals surface area contributed by atoms with E-state index in [9.17, 15) is 18.0 Å². The number of halogens is 3. The number of pyridine rings is 1. The van der Waals surface area contributed by atoms with E-state index >= 15 is 0 Å². The molecule has 4 aromatic heterocycles. The van der Waals surface area contributed by atoms with Crippen LogP contribution in [0.3, 0.4) is 0 Å². The summed E-state index contributed by atoms with van der Waals surface area (Å²) in [5.74, 6) is 1.42. The molecule has 0 unspecified atom stereocenters. The summed E-state index contributed by atoms with van der Waals surface area (Å²) in [6.07, 6.45) is 2.71. The molecule has 0 amide bonds. The summed E-state index contributed by atoms with van der Waals surface area (Å²) < 4.78 is 46.7. The number of hydrogen-bond acceptors (Lipinski definition) is 6. The highest BCUT2D eigenvalue weighted by Crippen LogP contribution is 2.44. The molecule has 4 heterocycles. The number of nitrogens with zero attached hydrogens (tertiary/aromatic N) is 9. The van der Waals surface area contributed by atoms with Gasteiger partial charge in [-0.25, -0.2) is 9.48 Å². The maximum atomic E-state index is 13.7. The van der Waals surface area contributed by atoms with Crippen LogP contribution < -0.4 is 5.69 Å². The van der Waals surface area contributed by atoms with E-state index < -0.39 is 17.4 Å².